The fraction of sp³-hybridized carbons (Fsp3) is 0.438. The van der Waals surface area contributed by atoms with E-state index in [1.165, 1.54) is 11.8 Å². The molecule has 1 atom stereocenters. The minimum Gasteiger partial charge on any atom is -0.382 e. The third-order valence-corrected chi connectivity index (χ3v) is 5.58. The molecule has 0 bridgehead atoms. The van der Waals surface area contributed by atoms with Crippen LogP contribution in [0.5, 0.6) is 0 Å². The van der Waals surface area contributed by atoms with Gasteiger partial charge < -0.3 is 16.4 Å². The molecule has 8 heteroatoms. The van der Waals surface area contributed by atoms with Gasteiger partial charge in [-0.3, -0.25) is 0 Å². The Balaban J connectivity index is 0.00000208. The molecule has 1 saturated heterocycles. The van der Waals surface area contributed by atoms with Crippen LogP contribution in [0, 0.1) is 12.8 Å². The van der Waals surface area contributed by atoms with Gasteiger partial charge in [0.2, 0.25) is 0 Å². The molecule has 1 fully saturated rings. The highest BCUT2D eigenvalue weighted by Gasteiger charge is 2.23. The summed E-state index contributed by atoms with van der Waals surface area (Å²) in [6, 6.07) is 1.82. The zero-order valence-corrected chi connectivity index (χ0v) is 14.4. The summed E-state index contributed by atoms with van der Waals surface area (Å²) in [5.41, 5.74) is 12.4. The largest absolute Gasteiger partial charge is 0.382 e. The molecular formula is C16H23ClN6S. The molecule has 1 aliphatic heterocycles. The molecule has 3 heterocycles. The van der Waals surface area contributed by atoms with E-state index in [0.717, 1.165) is 47.5 Å². The summed E-state index contributed by atoms with van der Waals surface area (Å²) in [5.74, 6) is 1.77. The maximum Gasteiger partial charge on any atom is 0.147 e. The van der Waals surface area contributed by atoms with Gasteiger partial charge in [-0.15, -0.1) is 0 Å². The van der Waals surface area contributed by atoms with Crippen molar-refractivity contribution >= 4 is 35.0 Å². The van der Waals surface area contributed by atoms with Gasteiger partial charge in [-0.25, -0.2) is 15.0 Å². The smallest absolute Gasteiger partial charge is 0.147 e. The highest BCUT2D eigenvalue weighted by atomic mass is 35.5. The monoisotopic (exact) mass is 366 g/mol. The molecule has 1 aliphatic rings. The summed E-state index contributed by atoms with van der Waals surface area (Å²) in [4.78, 5) is 16.3. The minimum absolute atomic E-state index is 0. The van der Waals surface area contributed by atoms with Crippen LogP contribution in [0.1, 0.15) is 19.5 Å². The number of aryl methyl sites for hydroxylation is 1. The zero-order chi connectivity index (χ0) is 16.4. The van der Waals surface area contributed by atoms with E-state index >= 15 is 0 Å². The van der Waals surface area contributed by atoms with Crippen molar-refractivity contribution < 1.29 is 0 Å². The number of hydrogen-bond donors (Lipinski definition) is 2. The van der Waals surface area contributed by atoms with E-state index in [4.69, 9.17) is 23.1 Å². The van der Waals surface area contributed by atoms with Gasteiger partial charge >= 0.3 is 0 Å². The SMILES string of the molecule is C.Cc1nc(N2CC[C@H](CN)C2)cnc1Sc1ccnc(N)c1Cl. The summed E-state index contributed by atoms with van der Waals surface area (Å²) in [6.45, 7) is 4.60. The van der Waals surface area contributed by atoms with Crippen molar-refractivity contribution in [2.45, 2.75) is 30.7 Å². The van der Waals surface area contributed by atoms with Crippen molar-refractivity contribution in [3.8, 4) is 0 Å². The molecule has 0 saturated carbocycles. The number of anilines is 2. The lowest BCUT2D eigenvalue weighted by atomic mass is 10.1. The van der Waals surface area contributed by atoms with Gasteiger partial charge in [0.25, 0.3) is 0 Å². The number of rotatable bonds is 4. The molecule has 0 amide bonds. The van der Waals surface area contributed by atoms with Crippen LogP contribution in [-0.2, 0) is 0 Å². The van der Waals surface area contributed by atoms with Gasteiger partial charge in [-0.2, -0.15) is 0 Å². The molecule has 0 aliphatic carbocycles. The summed E-state index contributed by atoms with van der Waals surface area (Å²) < 4.78 is 0. The number of nitrogens with two attached hydrogens (primary N) is 2. The van der Waals surface area contributed by atoms with Crippen LogP contribution < -0.4 is 16.4 Å². The van der Waals surface area contributed by atoms with Gasteiger partial charge in [0.05, 0.1) is 16.9 Å². The third kappa shape index (κ3) is 3.91. The average Bonchev–Trinajstić information content (AvgIpc) is 3.02. The fourth-order valence-electron chi connectivity index (χ4n) is 2.57. The normalized spacial score (nSPS) is 17.0. The molecule has 2 aromatic heterocycles. The van der Waals surface area contributed by atoms with Crippen molar-refractivity contribution in [2.75, 3.05) is 30.3 Å². The first kappa shape index (κ1) is 18.8. The standard InChI is InChI=1S/C15H19ClN6S.CH4/c1-9-15(23-11-2-4-19-14(18)13(11)16)20-7-12(21-9)22-5-3-10(6-17)8-22;/h2,4,7,10H,3,5-6,8,17H2,1H3,(H2,18,19);1H4/t10-;/m1./s1. The summed E-state index contributed by atoms with van der Waals surface area (Å²) >= 11 is 7.63. The molecule has 4 N–H and O–H groups in total. The molecule has 6 nitrogen and oxygen atoms in total. The lowest BCUT2D eigenvalue weighted by Crippen LogP contribution is -2.23. The zero-order valence-electron chi connectivity index (χ0n) is 12.9. The summed E-state index contributed by atoms with van der Waals surface area (Å²) in [6.07, 6.45) is 4.56. The average molecular weight is 367 g/mol. The molecular weight excluding hydrogens is 344 g/mol. The number of nitrogen functional groups attached to an aromatic ring is 1. The van der Waals surface area contributed by atoms with Crippen LogP contribution in [0.2, 0.25) is 5.02 Å². The molecule has 3 rings (SSSR count). The van der Waals surface area contributed by atoms with Crippen molar-refractivity contribution in [1.82, 2.24) is 15.0 Å². The first-order valence-corrected chi connectivity index (χ1v) is 8.64. The van der Waals surface area contributed by atoms with E-state index in [1.807, 2.05) is 19.2 Å². The first-order valence-electron chi connectivity index (χ1n) is 7.45. The topological polar surface area (TPSA) is 94.0 Å². The second-order valence-corrected chi connectivity index (χ2v) is 6.97. The van der Waals surface area contributed by atoms with E-state index < -0.39 is 0 Å². The number of halogens is 1. The van der Waals surface area contributed by atoms with E-state index in [2.05, 4.69) is 19.9 Å². The Hall–Kier alpha value is -1.57. The highest BCUT2D eigenvalue weighted by molar-refractivity contribution is 7.99. The summed E-state index contributed by atoms with van der Waals surface area (Å²) in [5, 5.41) is 1.27. The predicted octanol–water partition coefficient (Wildman–Crippen LogP) is 2.99. The fourth-order valence-corrected chi connectivity index (χ4v) is 3.63. The lowest BCUT2D eigenvalue weighted by Gasteiger charge is -2.18. The van der Waals surface area contributed by atoms with Crippen molar-refractivity contribution in [1.29, 1.82) is 0 Å². The number of nitrogens with zero attached hydrogens (tertiary/aromatic N) is 4. The van der Waals surface area contributed by atoms with Crippen LogP contribution in [0.3, 0.4) is 0 Å². The van der Waals surface area contributed by atoms with Crippen LogP contribution in [-0.4, -0.2) is 34.6 Å². The second-order valence-electron chi connectivity index (χ2n) is 5.57. The van der Waals surface area contributed by atoms with Gasteiger partial charge in [0.15, 0.2) is 0 Å². The maximum atomic E-state index is 6.19. The Bertz CT molecular complexity index is 711. The van der Waals surface area contributed by atoms with Gasteiger partial charge in [0.1, 0.15) is 16.7 Å². The van der Waals surface area contributed by atoms with Crippen LogP contribution >= 0.6 is 23.4 Å². The highest BCUT2D eigenvalue weighted by Crippen LogP contribution is 2.35. The van der Waals surface area contributed by atoms with Crippen molar-refractivity contribution in [3.63, 3.8) is 0 Å². The van der Waals surface area contributed by atoms with Crippen molar-refractivity contribution in [2.24, 2.45) is 11.7 Å². The van der Waals surface area contributed by atoms with E-state index in [1.54, 1.807) is 6.20 Å². The molecule has 2 aromatic rings. The number of pyridine rings is 1. The Morgan fingerprint density at radius 1 is 1.42 bits per heavy atom. The summed E-state index contributed by atoms with van der Waals surface area (Å²) in [7, 11) is 0. The Kier molecular flexibility index (Phi) is 6.26. The van der Waals surface area contributed by atoms with Gasteiger partial charge in [-0.1, -0.05) is 30.8 Å². The lowest BCUT2D eigenvalue weighted by molar-refractivity contribution is 0.602. The van der Waals surface area contributed by atoms with E-state index in [-0.39, 0.29) is 7.43 Å². The quantitative estimate of drug-likeness (QED) is 0.858. The molecule has 130 valence electrons. The maximum absolute atomic E-state index is 6.19. The van der Waals surface area contributed by atoms with E-state index in [9.17, 15) is 0 Å². The van der Waals surface area contributed by atoms with Crippen LogP contribution in [0.15, 0.2) is 28.4 Å². The third-order valence-electron chi connectivity index (χ3n) is 3.92. The second kappa shape index (κ2) is 8.00. The first-order chi connectivity index (χ1) is 11.1. The molecule has 0 radical (unpaired) electrons. The Labute approximate surface area is 152 Å². The minimum atomic E-state index is 0. The van der Waals surface area contributed by atoms with Crippen LogP contribution in [0.25, 0.3) is 0 Å². The molecule has 0 unspecified atom stereocenters. The predicted molar refractivity (Wildman–Crippen MR) is 101 cm³/mol. The number of aromatic nitrogens is 3. The molecule has 0 aromatic carbocycles. The van der Waals surface area contributed by atoms with Gasteiger partial charge in [-0.05, 0) is 31.9 Å². The molecule has 0 spiro atoms. The number of hydrogen-bond acceptors (Lipinski definition) is 7. The molecule has 24 heavy (non-hydrogen) atoms. The van der Waals surface area contributed by atoms with E-state index in [0.29, 0.717) is 16.8 Å². The van der Waals surface area contributed by atoms with Crippen molar-refractivity contribution in [3.05, 3.63) is 29.2 Å². The van der Waals surface area contributed by atoms with Crippen LogP contribution in [0.4, 0.5) is 11.6 Å². The Morgan fingerprint density at radius 3 is 2.88 bits per heavy atom. The van der Waals surface area contributed by atoms with Gasteiger partial charge in [0, 0.05) is 24.2 Å². The Morgan fingerprint density at radius 2 is 2.21 bits per heavy atom.